The Kier molecular flexibility index (Phi) is 6.70. The van der Waals surface area contributed by atoms with Gasteiger partial charge in [-0.3, -0.25) is 4.90 Å². The van der Waals surface area contributed by atoms with Gasteiger partial charge >= 0.3 is 0 Å². The molecule has 0 bridgehead atoms. The van der Waals surface area contributed by atoms with Crippen molar-refractivity contribution in [1.29, 1.82) is 0 Å². The quantitative estimate of drug-likeness (QED) is 0.565. The van der Waals surface area contributed by atoms with Gasteiger partial charge in [0, 0.05) is 31.7 Å². The number of nitrogens with zero attached hydrogens (tertiary/aromatic N) is 2. The predicted molar refractivity (Wildman–Crippen MR) is 122 cm³/mol. The van der Waals surface area contributed by atoms with Crippen molar-refractivity contribution in [2.24, 2.45) is 0 Å². The second-order valence-corrected chi connectivity index (χ2v) is 8.06. The van der Waals surface area contributed by atoms with Gasteiger partial charge in [0.1, 0.15) is 17.4 Å². The van der Waals surface area contributed by atoms with Gasteiger partial charge in [-0.15, -0.1) is 0 Å². The molecule has 1 aromatic heterocycles. The van der Waals surface area contributed by atoms with Crippen molar-refractivity contribution in [3.8, 4) is 28.1 Å². The van der Waals surface area contributed by atoms with Crippen LogP contribution in [0.15, 0.2) is 48.5 Å². The minimum atomic E-state index is -0.474. The highest BCUT2D eigenvalue weighted by Gasteiger charge is 2.13. The number of aromatic nitrogens is 1. The van der Waals surface area contributed by atoms with E-state index in [0.29, 0.717) is 29.2 Å². The molecule has 0 saturated carbocycles. The third kappa shape index (κ3) is 5.34. The van der Waals surface area contributed by atoms with Gasteiger partial charge in [0.05, 0.1) is 23.9 Å². The Bertz CT molecular complexity index is 1070. The van der Waals surface area contributed by atoms with Crippen LogP contribution in [0.25, 0.3) is 22.4 Å². The summed E-state index contributed by atoms with van der Waals surface area (Å²) in [7, 11) is 0. The summed E-state index contributed by atoms with van der Waals surface area (Å²) in [4.78, 5) is 7.06. The minimum absolute atomic E-state index is 0.0817. The van der Waals surface area contributed by atoms with Crippen LogP contribution in [0.5, 0.6) is 5.75 Å². The third-order valence-corrected chi connectivity index (χ3v) is 5.65. The first-order valence-electron chi connectivity index (χ1n) is 10.3. The first-order valence-corrected chi connectivity index (χ1v) is 10.7. The summed E-state index contributed by atoms with van der Waals surface area (Å²) in [6.07, 6.45) is 0. The van der Waals surface area contributed by atoms with Crippen LogP contribution in [0.1, 0.15) is 5.56 Å². The second kappa shape index (κ2) is 9.64. The van der Waals surface area contributed by atoms with Gasteiger partial charge in [0.25, 0.3) is 0 Å². The number of rotatable bonds is 6. The Morgan fingerprint density at radius 2 is 1.90 bits per heavy atom. The molecular formula is C24H25ClFN3O2. The number of morpholine rings is 1. The summed E-state index contributed by atoms with van der Waals surface area (Å²) in [5, 5.41) is 13.9. The number of phenols is 1. The van der Waals surface area contributed by atoms with Crippen LogP contribution >= 0.6 is 11.6 Å². The molecule has 2 heterocycles. The van der Waals surface area contributed by atoms with Gasteiger partial charge in [-0.1, -0.05) is 29.3 Å². The number of aromatic hydroxyl groups is 1. The van der Waals surface area contributed by atoms with E-state index in [1.807, 2.05) is 31.2 Å². The summed E-state index contributed by atoms with van der Waals surface area (Å²) >= 11 is 5.86. The first kappa shape index (κ1) is 21.6. The van der Waals surface area contributed by atoms with E-state index in [9.17, 15) is 9.50 Å². The van der Waals surface area contributed by atoms with Crippen molar-refractivity contribution >= 4 is 17.4 Å². The minimum Gasteiger partial charge on any atom is -0.507 e. The molecule has 4 rings (SSSR count). The fraction of sp³-hybridized carbons (Fsp3) is 0.292. The zero-order chi connectivity index (χ0) is 21.8. The van der Waals surface area contributed by atoms with E-state index in [-0.39, 0.29) is 10.8 Å². The maximum absolute atomic E-state index is 14.1. The van der Waals surface area contributed by atoms with E-state index in [2.05, 4.69) is 10.2 Å². The van der Waals surface area contributed by atoms with E-state index >= 15 is 0 Å². The van der Waals surface area contributed by atoms with E-state index in [1.54, 1.807) is 18.2 Å². The van der Waals surface area contributed by atoms with Crippen molar-refractivity contribution in [2.75, 3.05) is 44.7 Å². The van der Waals surface area contributed by atoms with Crippen LogP contribution in [0.3, 0.4) is 0 Å². The van der Waals surface area contributed by atoms with Gasteiger partial charge in [-0.05, 0) is 54.4 Å². The maximum Gasteiger partial charge on any atom is 0.142 e. The average molecular weight is 442 g/mol. The SMILES string of the molecule is Cc1ccc(O)c(-c2cc(-c3ccc(Cl)c(F)c3)cc(NCCN3CCOCC3)n2)c1. The van der Waals surface area contributed by atoms with Crippen LogP contribution in [-0.2, 0) is 4.74 Å². The lowest BCUT2D eigenvalue weighted by Gasteiger charge is -2.26. The number of pyridine rings is 1. The standard InChI is InChI=1S/C24H25ClFN3O2/c1-16-2-5-23(30)19(12-16)22-14-18(17-3-4-20(25)21(26)13-17)15-24(28-22)27-6-7-29-8-10-31-11-9-29/h2-5,12-15,30H,6-11H2,1H3,(H,27,28). The molecule has 7 heteroatoms. The lowest BCUT2D eigenvalue weighted by Crippen LogP contribution is -2.39. The molecule has 1 aliphatic heterocycles. The molecule has 0 atom stereocenters. The summed E-state index contributed by atoms with van der Waals surface area (Å²) in [6, 6.07) is 13.9. The number of halogens is 2. The van der Waals surface area contributed by atoms with Gasteiger partial charge in [-0.2, -0.15) is 0 Å². The Labute approximate surface area is 186 Å². The lowest BCUT2D eigenvalue weighted by atomic mass is 10.0. The van der Waals surface area contributed by atoms with Crippen LogP contribution < -0.4 is 5.32 Å². The van der Waals surface area contributed by atoms with Crippen LogP contribution in [0.4, 0.5) is 10.2 Å². The Morgan fingerprint density at radius 1 is 1.10 bits per heavy atom. The first-order chi connectivity index (χ1) is 15.0. The molecular weight excluding hydrogens is 417 g/mol. The number of hydrogen-bond acceptors (Lipinski definition) is 5. The molecule has 0 aliphatic carbocycles. The number of hydrogen-bond donors (Lipinski definition) is 2. The maximum atomic E-state index is 14.1. The van der Waals surface area contributed by atoms with E-state index in [4.69, 9.17) is 21.3 Å². The number of aryl methyl sites for hydroxylation is 1. The number of phenolic OH excluding ortho intramolecular Hbond substituents is 1. The second-order valence-electron chi connectivity index (χ2n) is 7.66. The molecule has 3 aromatic rings. The third-order valence-electron chi connectivity index (χ3n) is 5.34. The van der Waals surface area contributed by atoms with Gasteiger partial charge in [-0.25, -0.2) is 9.37 Å². The van der Waals surface area contributed by atoms with Gasteiger partial charge in [0.15, 0.2) is 0 Å². The molecule has 31 heavy (non-hydrogen) atoms. The molecule has 2 aromatic carbocycles. The zero-order valence-corrected chi connectivity index (χ0v) is 18.1. The number of ether oxygens (including phenoxy) is 1. The Balaban J connectivity index is 1.66. The molecule has 1 saturated heterocycles. The van der Waals surface area contributed by atoms with Crippen LogP contribution in [-0.4, -0.2) is 54.4 Å². The number of benzene rings is 2. The highest BCUT2D eigenvalue weighted by Crippen LogP contribution is 2.34. The smallest absolute Gasteiger partial charge is 0.142 e. The number of anilines is 1. The molecule has 2 N–H and O–H groups in total. The van der Waals surface area contributed by atoms with E-state index in [0.717, 1.165) is 44.0 Å². The van der Waals surface area contributed by atoms with E-state index in [1.165, 1.54) is 6.07 Å². The summed E-state index contributed by atoms with van der Waals surface area (Å²) in [6.45, 7) is 6.89. The summed E-state index contributed by atoms with van der Waals surface area (Å²) in [5.74, 6) is 0.339. The summed E-state index contributed by atoms with van der Waals surface area (Å²) < 4.78 is 19.5. The van der Waals surface area contributed by atoms with Gasteiger partial charge < -0.3 is 15.2 Å². The summed E-state index contributed by atoms with van der Waals surface area (Å²) in [5.41, 5.74) is 3.74. The fourth-order valence-corrected chi connectivity index (χ4v) is 3.74. The van der Waals surface area contributed by atoms with E-state index < -0.39 is 5.82 Å². The molecule has 0 amide bonds. The van der Waals surface area contributed by atoms with Crippen LogP contribution in [0.2, 0.25) is 5.02 Å². The zero-order valence-electron chi connectivity index (χ0n) is 17.4. The van der Waals surface area contributed by atoms with Crippen molar-refractivity contribution < 1.29 is 14.2 Å². The largest absolute Gasteiger partial charge is 0.507 e. The normalized spacial score (nSPS) is 14.5. The number of nitrogens with one attached hydrogen (secondary N) is 1. The molecule has 0 unspecified atom stereocenters. The van der Waals surface area contributed by atoms with Crippen LogP contribution in [0, 0.1) is 12.7 Å². The van der Waals surface area contributed by atoms with Crippen molar-refractivity contribution in [3.63, 3.8) is 0 Å². The monoisotopic (exact) mass is 441 g/mol. The average Bonchev–Trinajstić information content (AvgIpc) is 2.78. The lowest BCUT2D eigenvalue weighted by molar-refractivity contribution is 0.0398. The molecule has 5 nitrogen and oxygen atoms in total. The molecule has 0 spiro atoms. The highest BCUT2D eigenvalue weighted by atomic mass is 35.5. The molecule has 0 radical (unpaired) electrons. The topological polar surface area (TPSA) is 57.6 Å². The fourth-order valence-electron chi connectivity index (χ4n) is 3.62. The highest BCUT2D eigenvalue weighted by molar-refractivity contribution is 6.30. The molecule has 1 aliphatic rings. The van der Waals surface area contributed by atoms with Crippen molar-refractivity contribution in [1.82, 2.24) is 9.88 Å². The Morgan fingerprint density at radius 3 is 2.68 bits per heavy atom. The Hall–Kier alpha value is -2.67. The van der Waals surface area contributed by atoms with Crippen molar-refractivity contribution in [2.45, 2.75) is 6.92 Å². The predicted octanol–water partition coefficient (Wildman–Crippen LogP) is 4.97. The molecule has 162 valence electrons. The van der Waals surface area contributed by atoms with Crippen molar-refractivity contribution in [3.05, 3.63) is 64.9 Å². The van der Waals surface area contributed by atoms with Gasteiger partial charge in [0.2, 0.25) is 0 Å². The molecule has 1 fully saturated rings.